The average Bonchev–Trinajstić information content (AvgIpc) is 3.65. The van der Waals surface area contributed by atoms with E-state index in [1.165, 1.54) is 19.2 Å². The van der Waals surface area contributed by atoms with Crippen molar-refractivity contribution in [3.63, 3.8) is 0 Å². The van der Waals surface area contributed by atoms with Crippen molar-refractivity contribution in [2.45, 2.75) is 31.7 Å². The monoisotopic (exact) mass is 475 g/mol. The van der Waals surface area contributed by atoms with Gasteiger partial charge in [-0.1, -0.05) is 12.8 Å². The first kappa shape index (κ1) is 22.7. The second-order valence-electron chi connectivity index (χ2n) is 8.48. The number of ether oxygens (including phenoxy) is 2. The molecule has 1 fully saturated rings. The van der Waals surface area contributed by atoms with Crippen LogP contribution in [0.25, 0.3) is 22.7 Å². The summed E-state index contributed by atoms with van der Waals surface area (Å²) < 4.78 is 32.3. The van der Waals surface area contributed by atoms with Crippen LogP contribution in [0.5, 0.6) is 11.5 Å². The normalized spacial score (nSPS) is 13.7. The van der Waals surface area contributed by atoms with Crippen LogP contribution < -0.4 is 14.8 Å². The highest BCUT2D eigenvalue weighted by Crippen LogP contribution is 2.39. The van der Waals surface area contributed by atoms with Crippen LogP contribution in [-0.2, 0) is 0 Å². The summed E-state index contributed by atoms with van der Waals surface area (Å²) in [4.78, 5) is 17.6. The van der Waals surface area contributed by atoms with Gasteiger partial charge in [0.2, 0.25) is 0 Å². The molecule has 5 rings (SSSR count). The third-order valence-corrected chi connectivity index (χ3v) is 6.35. The topological polar surface area (TPSA) is 78.5 Å². The van der Waals surface area contributed by atoms with Crippen molar-refractivity contribution in [3.05, 3.63) is 72.5 Å². The van der Waals surface area contributed by atoms with Crippen LogP contribution in [0.3, 0.4) is 0 Å². The smallest absolute Gasteiger partial charge is 0.291 e. The quantitative estimate of drug-likeness (QED) is 0.338. The van der Waals surface area contributed by atoms with Crippen molar-refractivity contribution in [3.8, 4) is 34.2 Å². The fraction of sp³-hybridized carbons (Fsp3) is 0.259. The molecule has 180 valence electrons. The summed E-state index contributed by atoms with van der Waals surface area (Å²) in [5.74, 6) is 1.06. The van der Waals surface area contributed by atoms with Crippen molar-refractivity contribution >= 4 is 11.6 Å². The zero-order chi connectivity index (χ0) is 24.4. The molecule has 0 aliphatic heterocycles. The molecule has 0 atom stereocenters. The van der Waals surface area contributed by atoms with E-state index < -0.39 is 5.91 Å². The summed E-state index contributed by atoms with van der Waals surface area (Å²) in [6.45, 7) is 0. The first-order chi connectivity index (χ1) is 17.1. The number of amides is 1. The van der Waals surface area contributed by atoms with Crippen LogP contribution in [0.4, 0.5) is 10.1 Å². The van der Waals surface area contributed by atoms with Crippen LogP contribution in [-0.4, -0.2) is 29.7 Å². The van der Waals surface area contributed by atoms with Gasteiger partial charge in [-0.15, -0.1) is 0 Å². The Balaban J connectivity index is 1.48. The van der Waals surface area contributed by atoms with E-state index in [9.17, 15) is 9.18 Å². The Morgan fingerprint density at radius 1 is 1.06 bits per heavy atom. The van der Waals surface area contributed by atoms with Gasteiger partial charge in [0.15, 0.2) is 11.5 Å². The van der Waals surface area contributed by atoms with Gasteiger partial charge in [0.05, 0.1) is 31.9 Å². The second kappa shape index (κ2) is 9.66. The highest BCUT2D eigenvalue weighted by atomic mass is 19.1. The molecule has 2 heterocycles. The van der Waals surface area contributed by atoms with E-state index in [1.54, 1.807) is 49.6 Å². The Morgan fingerprint density at radius 2 is 1.83 bits per heavy atom. The molecule has 0 saturated heterocycles. The lowest BCUT2D eigenvalue weighted by molar-refractivity contribution is 0.0997. The van der Waals surface area contributed by atoms with Gasteiger partial charge < -0.3 is 23.8 Å². The largest absolute Gasteiger partial charge is 0.497 e. The minimum absolute atomic E-state index is 0.155. The molecule has 1 saturated carbocycles. The Kier molecular flexibility index (Phi) is 6.27. The minimum atomic E-state index is -0.407. The molecule has 35 heavy (non-hydrogen) atoms. The molecular formula is C27H26FN3O4. The lowest BCUT2D eigenvalue weighted by atomic mass is 10.1. The van der Waals surface area contributed by atoms with Crippen LogP contribution in [0.15, 0.2) is 65.3 Å². The number of anilines is 1. The molecule has 7 nitrogen and oxygen atoms in total. The number of hydrogen-bond donors (Lipinski definition) is 1. The number of aromatic nitrogens is 2. The molecule has 1 N–H and O–H groups in total. The van der Waals surface area contributed by atoms with E-state index in [0.29, 0.717) is 34.7 Å². The third kappa shape index (κ3) is 4.51. The summed E-state index contributed by atoms with van der Waals surface area (Å²) >= 11 is 0. The number of rotatable bonds is 7. The fourth-order valence-corrected chi connectivity index (χ4v) is 4.56. The number of halogens is 1. The molecule has 2 aromatic carbocycles. The number of carbonyl (C=O) groups excluding carboxylic acids is 1. The molecule has 1 aliphatic rings. The molecule has 0 unspecified atom stereocenters. The first-order valence-corrected chi connectivity index (χ1v) is 11.5. The molecule has 4 aromatic rings. The lowest BCUT2D eigenvalue weighted by Crippen LogP contribution is -2.11. The molecule has 0 spiro atoms. The second-order valence-corrected chi connectivity index (χ2v) is 8.48. The predicted octanol–water partition coefficient (Wildman–Crippen LogP) is 6.33. The van der Waals surface area contributed by atoms with Gasteiger partial charge in [0, 0.05) is 17.7 Å². The maximum absolute atomic E-state index is 13.5. The van der Waals surface area contributed by atoms with Gasteiger partial charge in [-0.3, -0.25) is 4.79 Å². The number of nitrogens with one attached hydrogen (secondary N) is 1. The summed E-state index contributed by atoms with van der Waals surface area (Å²) in [6.07, 6.45) is 6.23. The van der Waals surface area contributed by atoms with E-state index in [4.69, 9.17) is 13.9 Å². The highest BCUT2D eigenvalue weighted by Gasteiger charge is 2.26. The van der Waals surface area contributed by atoms with Gasteiger partial charge in [-0.2, -0.15) is 0 Å². The van der Waals surface area contributed by atoms with Crippen molar-refractivity contribution in [2.24, 2.45) is 0 Å². The molecule has 0 bridgehead atoms. The zero-order valence-electron chi connectivity index (χ0n) is 19.6. The van der Waals surface area contributed by atoms with Crippen molar-refractivity contribution in [1.29, 1.82) is 0 Å². The summed E-state index contributed by atoms with van der Waals surface area (Å²) in [5, 5.41) is 2.83. The average molecular weight is 476 g/mol. The Labute approximate surface area is 202 Å². The lowest BCUT2D eigenvalue weighted by Gasteiger charge is -2.15. The molecule has 0 radical (unpaired) electrons. The van der Waals surface area contributed by atoms with E-state index in [-0.39, 0.29) is 11.6 Å². The molecule has 2 aromatic heterocycles. The Hall–Kier alpha value is -4.07. The van der Waals surface area contributed by atoms with Gasteiger partial charge in [-0.25, -0.2) is 9.37 Å². The Bertz CT molecular complexity index is 1340. The number of nitrogens with zero attached hydrogens (tertiary/aromatic N) is 2. The van der Waals surface area contributed by atoms with Crippen LogP contribution in [0.2, 0.25) is 0 Å². The van der Waals surface area contributed by atoms with Crippen molar-refractivity contribution in [2.75, 3.05) is 19.5 Å². The van der Waals surface area contributed by atoms with E-state index >= 15 is 0 Å². The summed E-state index contributed by atoms with van der Waals surface area (Å²) in [5.41, 5.74) is 2.75. The van der Waals surface area contributed by atoms with Gasteiger partial charge in [-0.05, 0) is 61.4 Å². The van der Waals surface area contributed by atoms with Crippen LogP contribution in [0, 0.1) is 5.82 Å². The van der Waals surface area contributed by atoms with Gasteiger partial charge in [0.1, 0.15) is 23.0 Å². The van der Waals surface area contributed by atoms with E-state index in [1.807, 2.05) is 6.33 Å². The fourth-order valence-electron chi connectivity index (χ4n) is 4.56. The van der Waals surface area contributed by atoms with Crippen LogP contribution in [0.1, 0.15) is 42.3 Å². The van der Waals surface area contributed by atoms with Crippen molar-refractivity contribution in [1.82, 2.24) is 9.55 Å². The molecule has 1 amide bonds. The minimum Gasteiger partial charge on any atom is -0.497 e. The number of methoxy groups -OCH3 is 2. The summed E-state index contributed by atoms with van der Waals surface area (Å²) in [6, 6.07) is 15.1. The number of furan rings is 1. The van der Waals surface area contributed by atoms with E-state index in [0.717, 1.165) is 36.9 Å². The van der Waals surface area contributed by atoms with Gasteiger partial charge >= 0.3 is 0 Å². The maximum atomic E-state index is 13.5. The standard InChI is InChI=1S/C27H26FN3O4/c1-33-20-11-12-21(24(15-20)34-2)30-27(32)23-14-13-22(35-23)26-25(17-7-9-18(28)10-8-17)29-16-31(26)19-5-3-4-6-19/h7-16,19H,3-6H2,1-2H3,(H,30,32). The van der Waals surface area contributed by atoms with E-state index in [2.05, 4.69) is 14.9 Å². The zero-order valence-corrected chi connectivity index (χ0v) is 19.6. The molecular weight excluding hydrogens is 449 g/mol. The predicted molar refractivity (Wildman–Crippen MR) is 130 cm³/mol. The summed E-state index contributed by atoms with van der Waals surface area (Å²) in [7, 11) is 3.09. The van der Waals surface area contributed by atoms with Crippen molar-refractivity contribution < 1.29 is 23.1 Å². The third-order valence-electron chi connectivity index (χ3n) is 6.35. The maximum Gasteiger partial charge on any atom is 0.291 e. The van der Waals surface area contributed by atoms with Crippen LogP contribution >= 0.6 is 0 Å². The molecule has 1 aliphatic carbocycles. The first-order valence-electron chi connectivity index (χ1n) is 11.5. The number of benzene rings is 2. The number of imidazole rings is 1. The number of hydrogen-bond acceptors (Lipinski definition) is 5. The SMILES string of the molecule is COc1ccc(NC(=O)c2ccc(-c3c(-c4ccc(F)cc4)ncn3C3CCCC3)o2)c(OC)c1. The molecule has 8 heteroatoms. The number of carbonyl (C=O) groups is 1. The highest BCUT2D eigenvalue weighted by molar-refractivity contribution is 6.03. The Morgan fingerprint density at radius 3 is 2.54 bits per heavy atom. The van der Waals surface area contributed by atoms with Gasteiger partial charge in [0.25, 0.3) is 5.91 Å².